The van der Waals surface area contributed by atoms with Crippen molar-refractivity contribution >= 4 is 27.6 Å². The fourth-order valence-corrected chi connectivity index (χ4v) is 5.39. The Kier molecular flexibility index (Phi) is 10.0. The quantitative estimate of drug-likeness (QED) is 0.142. The maximum atomic E-state index is 10.8. The molecule has 7 unspecified atom stereocenters. The zero-order valence-electron chi connectivity index (χ0n) is 15.6. The maximum Gasteiger partial charge on any atom is 0.321 e. The summed E-state index contributed by atoms with van der Waals surface area (Å²) in [6, 6.07) is -1.15. The largest absolute Gasteiger partial charge is 0.480 e. The highest BCUT2D eigenvalue weighted by molar-refractivity contribution is 8.76. The average molecular weight is 478 g/mol. The molecule has 15 heteroatoms. The number of ether oxygens (including phenoxy) is 3. The van der Waals surface area contributed by atoms with Gasteiger partial charge in [0.25, 0.3) is 0 Å². The predicted octanol–water partition coefficient (Wildman–Crippen LogP) is -4.60. The molecule has 2 aliphatic rings. The minimum atomic E-state index is -1.76. The summed E-state index contributed by atoms with van der Waals surface area (Å²) < 4.78 is 16.1. The van der Waals surface area contributed by atoms with Gasteiger partial charge in [-0.25, -0.2) is 0 Å². The average Bonchev–Trinajstić information content (AvgIpc) is 2.72. The Morgan fingerprint density at radius 1 is 0.933 bits per heavy atom. The molecule has 0 aromatic carbocycles. The van der Waals surface area contributed by atoms with E-state index in [0.717, 1.165) is 21.6 Å². The molecule has 2 heterocycles. The summed E-state index contributed by atoms with van der Waals surface area (Å²) in [5.41, 5.74) is 4.33. The summed E-state index contributed by atoms with van der Waals surface area (Å²) in [5, 5.41) is 78.3. The van der Waals surface area contributed by atoms with Crippen molar-refractivity contribution < 1.29 is 59.9 Å². The first-order valence-electron chi connectivity index (χ1n) is 8.97. The van der Waals surface area contributed by atoms with Crippen molar-refractivity contribution in [2.75, 3.05) is 19.0 Å². The van der Waals surface area contributed by atoms with Crippen LogP contribution in [0.1, 0.15) is 0 Å². The van der Waals surface area contributed by atoms with Crippen LogP contribution in [0.4, 0.5) is 0 Å². The molecule has 0 radical (unpaired) electrons. The Labute approximate surface area is 179 Å². The third-order valence-electron chi connectivity index (χ3n) is 4.69. The van der Waals surface area contributed by atoms with Crippen LogP contribution in [0.25, 0.3) is 0 Å². The first kappa shape index (κ1) is 26.0. The predicted molar refractivity (Wildman–Crippen MR) is 102 cm³/mol. The van der Waals surface area contributed by atoms with Gasteiger partial charge in [-0.15, -0.1) is 0 Å². The zero-order chi connectivity index (χ0) is 22.6. The number of carboxylic acids is 1. The fraction of sp³-hybridized carbons (Fsp3) is 0.933. The number of hydrogen-bond donors (Lipinski definition) is 9. The van der Waals surface area contributed by atoms with Crippen molar-refractivity contribution in [1.82, 2.24) is 0 Å². The lowest BCUT2D eigenvalue weighted by atomic mass is 9.97. The second-order valence-electron chi connectivity index (χ2n) is 6.83. The number of carbonyl (C=O) groups is 1. The lowest BCUT2D eigenvalue weighted by Gasteiger charge is -2.45. The number of rotatable bonds is 9. The van der Waals surface area contributed by atoms with Gasteiger partial charge in [-0.3, -0.25) is 4.79 Å². The van der Waals surface area contributed by atoms with E-state index in [1.165, 1.54) is 0 Å². The van der Waals surface area contributed by atoms with Crippen molar-refractivity contribution in [2.24, 2.45) is 5.73 Å². The molecule has 13 nitrogen and oxygen atoms in total. The Bertz CT molecular complexity index is 560. The SMILES string of the molecule is NC(CSS[C@@H]1OC(CO)[C@H](O)C(O[C@H]2OC(CO)[C@H](O)C(O)C2O)C1O)C(=O)O. The Morgan fingerprint density at radius 3 is 2.10 bits per heavy atom. The van der Waals surface area contributed by atoms with Crippen LogP contribution in [0.3, 0.4) is 0 Å². The van der Waals surface area contributed by atoms with Gasteiger partial charge >= 0.3 is 5.97 Å². The van der Waals surface area contributed by atoms with E-state index in [1.54, 1.807) is 0 Å². The van der Waals surface area contributed by atoms with Gasteiger partial charge in [0.15, 0.2) is 6.29 Å². The summed E-state index contributed by atoms with van der Waals surface area (Å²) >= 11 is 0. The maximum absolute atomic E-state index is 10.8. The van der Waals surface area contributed by atoms with Crippen molar-refractivity contribution in [2.45, 2.75) is 66.6 Å². The van der Waals surface area contributed by atoms with Gasteiger partial charge in [0.2, 0.25) is 0 Å². The number of aliphatic hydroxyl groups excluding tert-OH is 7. The topological polar surface area (TPSA) is 233 Å². The molecule has 0 saturated carbocycles. The van der Waals surface area contributed by atoms with E-state index < -0.39 is 85.8 Å². The zero-order valence-corrected chi connectivity index (χ0v) is 17.2. The third-order valence-corrected chi connectivity index (χ3v) is 7.29. The smallest absolute Gasteiger partial charge is 0.321 e. The molecule has 176 valence electrons. The van der Waals surface area contributed by atoms with Crippen LogP contribution >= 0.6 is 21.6 Å². The number of nitrogens with two attached hydrogens (primary N) is 1. The molecule has 30 heavy (non-hydrogen) atoms. The number of aliphatic carboxylic acids is 1. The lowest BCUT2D eigenvalue weighted by Crippen LogP contribution is -2.64. The molecule has 2 saturated heterocycles. The van der Waals surface area contributed by atoms with E-state index in [4.69, 9.17) is 25.1 Å². The molecule has 0 aromatic rings. The molecule has 0 bridgehead atoms. The monoisotopic (exact) mass is 477 g/mol. The highest BCUT2D eigenvalue weighted by atomic mass is 33.1. The Morgan fingerprint density at radius 2 is 1.53 bits per heavy atom. The van der Waals surface area contributed by atoms with Gasteiger partial charge in [-0.1, -0.05) is 21.6 Å². The summed E-state index contributed by atoms with van der Waals surface area (Å²) in [4.78, 5) is 10.8. The molecule has 0 aliphatic carbocycles. The highest BCUT2D eigenvalue weighted by Crippen LogP contribution is 2.37. The van der Waals surface area contributed by atoms with Crippen LogP contribution in [-0.4, -0.2) is 132 Å². The minimum Gasteiger partial charge on any atom is -0.480 e. The molecular formula is C15H27NO12S2. The highest BCUT2D eigenvalue weighted by Gasteiger charge is 2.50. The summed E-state index contributed by atoms with van der Waals surface area (Å²) in [6.07, 6.45) is -13.7. The third kappa shape index (κ3) is 5.94. The lowest BCUT2D eigenvalue weighted by molar-refractivity contribution is -0.337. The van der Waals surface area contributed by atoms with E-state index in [2.05, 4.69) is 0 Å². The van der Waals surface area contributed by atoms with Gasteiger partial charge in [0.05, 0.1) is 13.2 Å². The first-order valence-corrected chi connectivity index (χ1v) is 11.4. The van der Waals surface area contributed by atoms with E-state index in [0.29, 0.717) is 0 Å². The molecule has 10 N–H and O–H groups in total. The normalized spacial score (nSPS) is 43.3. The van der Waals surface area contributed by atoms with Crippen LogP contribution < -0.4 is 5.73 Å². The Hall–Kier alpha value is -0.270. The molecule has 0 spiro atoms. The summed E-state index contributed by atoms with van der Waals surface area (Å²) in [6.45, 7) is -1.33. The van der Waals surface area contributed by atoms with Gasteiger partial charge in [0.1, 0.15) is 60.3 Å². The number of aliphatic hydroxyl groups is 7. The minimum absolute atomic E-state index is 0.0167. The van der Waals surface area contributed by atoms with E-state index >= 15 is 0 Å². The van der Waals surface area contributed by atoms with Gasteiger partial charge in [-0.2, -0.15) is 0 Å². The van der Waals surface area contributed by atoms with Crippen LogP contribution in [0.15, 0.2) is 0 Å². The standard InChI is InChI=1S/C15H27NO12S2/c16-4(13(24)25)3-29-30-15-11(23)12(8(20)6(2-18)27-15)28-14-10(22)9(21)7(19)5(1-17)26-14/h4-12,14-15,17-23H,1-3,16H2,(H,24,25)/t4?,5?,6?,7-,8-,9?,10?,11?,12?,14+,15-/m0/s1. The van der Waals surface area contributed by atoms with E-state index in [-0.39, 0.29) is 5.75 Å². The molecular weight excluding hydrogens is 450 g/mol. The molecule has 0 aromatic heterocycles. The molecule has 2 rings (SSSR count). The van der Waals surface area contributed by atoms with Crippen molar-refractivity contribution in [3.05, 3.63) is 0 Å². The van der Waals surface area contributed by atoms with E-state index in [9.17, 15) is 40.5 Å². The number of carboxylic acid groups (broad SMARTS) is 1. The second-order valence-corrected chi connectivity index (χ2v) is 9.34. The van der Waals surface area contributed by atoms with Crippen molar-refractivity contribution in [3.63, 3.8) is 0 Å². The van der Waals surface area contributed by atoms with E-state index in [1.807, 2.05) is 0 Å². The van der Waals surface area contributed by atoms with Crippen LogP contribution in [0, 0.1) is 0 Å². The summed E-state index contributed by atoms with van der Waals surface area (Å²) in [5.74, 6) is -1.22. The first-order chi connectivity index (χ1) is 14.1. The summed E-state index contributed by atoms with van der Waals surface area (Å²) in [7, 11) is 1.90. The molecule has 2 fully saturated rings. The molecule has 11 atom stereocenters. The molecule has 0 amide bonds. The fourth-order valence-electron chi connectivity index (χ4n) is 2.88. The van der Waals surface area contributed by atoms with Crippen LogP contribution in [0.2, 0.25) is 0 Å². The van der Waals surface area contributed by atoms with Crippen LogP contribution in [0.5, 0.6) is 0 Å². The van der Waals surface area contributed by atoms with Crippen molar-refractivity contribution in [3.8, 4) is 0 Å². The van der Waals surface area contributed by atoms with Gasteiger partial charge < -0.3 is 60.8 Å². The second kappa shape index (κ2) is 11.6. The molecule has 2 aliphatic heterocycles. The Balaban J connectivity index is 2.07. The number of hydrogen-bond acceptors (Lipinski definition) is 14. The van der Waals surface area contributed by atoms with Gasteiger partial charge in [0, 0.05) is 5.75 Å². The van der Waals surface area contributed by atoms with Gasteiger partial charge in [-0.05, 0) is 0 Å². The van der Waals surface area contributed by atoms with Crippen molar-refractivity contribution in [1.29, 1.82) is 0 Å². The van der Waals surface area contributed by atoms with Crippen LogP contribution in [-0.2, 0) is 19.0 Å².